The average Bonchev–Trinajstić information content (AvgIpc) is 2.32. The molecule has 18 heavy (non-hydrogen) atoms. The number of hydrogen-bond donors (Lipinski definition) is 1. The summed E-state index contributed by atoms with van der Waals surface area (Å²) in [6.07, 6.45) is -0.450. The monoisotopic (exact) mass is 256 g/mol. The number of ether oxygens (including phenoxy) is 1. The molecule has 0 aromatic heterocycles. The normalized spacial score (nSPS) is 24.8. The van der Waals surface area contributed by atoms with Crippen LogP contribution < -0.4 is 4.74 Å². The van der Waals surface area contributed by atoms with Crippen LogP contribution in [0.25, 0.3) is 0 Å². The molecule has 0 saturated heterocycles. The van der Waals surface area contributed by atoms with Gasteiger partial charge in [0, 0.05) is 0 Å². The van der Waals surface area contributed by atoms with Crippen molar-refractivity contribution in [3.8, 4) is 11.5 Å². The van der Waals surface area contributed by atoms with Crippen LogP contribution in [-0.2, 0) is 0 Å². The Labute approximate surface area is 106 Å². The predicted molar refractivity (Wildman–Crippen MR) is 64.8 cm³/mol. The molecule has 4 heteroatoms. The molecule has 1 saturated carbocycles. The second-order valence-corrected chi connectivity index (χ2v) is 5.11. The number of phenols is 1. The van der Waals surface area contributed by atoms with Gasteiger partial charge in [-0.3, -0.25) is 0 Å². The minimum atomic E-state index is -3.13. The van der Waals surface area contributed by atoms with Gasteiger partial charge in [0.25, 0.3) is 0 Å². The van der Waals surface area contributed by atoms with Gasteiger partial charge in [0.05, 0.1) is 5.92 Å². The molecule has 1 fully saturated rings. The molecular formula is C14H18F2O2. The van der Waals surface area contributed by atoms with Crippen LogP contribution in [0.15, 0.2) is 24.3 Å². The van der Waals surface area contributed by atoms with Crippen molar-refractivity contribution in [2.24, 2.45) is 11.8 Å². The van der Waals surface area contributed by atoms with E-state index in [4.69, 9.17) is 9.84 Å². The first kappa shape index (κ1) is 13.1. The molecule has 0 heterocycles. The Kier molecular flexibility index (Phi) is 3.73. The average molecular weight is 256 g/mol. The molecule has 1 aliphatic rings. The number of phenolic OH excluding ortho intramolecular Hbond substituents is 1. The fourth-order valence-corrected chi connectivity index (χ4v) is 2.35. The maximum absolute atomic E-state index is 13.9. The van der Waals surface area contributed by atoms with E-state index in [2.05, 4.69) is 6.92 Å². The molecule has 1 aliphatic carbocycles. The topological polar surface area (TPSA) is 29.5 Å². The summed E-state index contributed by atoms with van der Waals surface area (Å²) in [6.45, 7) is 2.09. The van der Waals surface area contributed by atoms with Crippen molar-refractivity contribution in [2.45, 2.75) is 38.7 Å². The van der Waals surface area contributed by atoms with Crippen LogP contribution in [0.3, 0.4) is 0 Å². The number of rotatable bonds is 3. The molecule has 100 valence electrons. The molecule has 0 radical (unpaired) electrons. The lowest BCUT2D eigenvalue weighted by Crippen LogP contribution is -2.36. The number of aromatic hydroxyl groups is 1. The van der Waals surface area contributed by atoms with E-state index in [-0.39, 0.29) is 11.5 Å². The first-order valence-electron chi connectivity index (χ1n) is 6.33. The first-order chi connectivity index (χ1) is 8.47. The van der Waals surface area contributed by atoms with E-state index in [0.717, 1.165) is 12.8 Å². The van der Waals surface area contributed by atoms with Gasteiger partial charge in [-0.2, -0.15) is 8.78 Å². The van der Waals surface area contributed by atoms with Crippen molar-refractivity contribution in [2.75, 3.05) is 0 Å². The Hall–Kier alpha value is -1.32. The molecule has 2 nitrogen and oxygen atoms in total. The number of benzene rings is 1. The summed E-state index contributed by atoms with van der Waals surface area (Å²) in [5.74, 6) is -0.0400. The summed E-state index contributed by atoms with van der Waals surface area (Å²) >= 11 is 0. The highest BCUT2D eigenvalue weighted by Gasteiger charge is 2.43. The Bertz CT molecular complexity index is 381. The van der Waals surface area contributed by atoms with E-state index < -0.39 is 12.0 Å². The van der Waals surface area contributed by atoms with Crippen LogP contribution in [-0.4, -0.2) is 11.2 Å². The number of alkyl halides is 2. The van der Waals surface area contributed by atoms with Crippen molar-refractivity contribution < 1.29 is 18.6 Å². The van der Waals surface area contributed by atoms with E-state index in [1.54, 1.807) is 0 Å². The van der Waals surface area contributed by atoms with Gasteiger partial charge < -0.3 is 9.84 Å². The zero-order valence-electron chi connectivity index (χ0n) is 10.4. The Morgan fingerprint density at radius 3 is 2.22 bits per heavy atom. The highest BCUT2D eigenvalue weighted by atomic mass is 19.3. The largest absolute Gasteiger partial charge is 0.508 e. The van der Waals surface area contributed by atoms with Gasteiger partial charge in [-0.15, -0.1) is 0 Å². The summed E-state index contributed by atoms with van der Waals surface area (Å²) < 4.78 is 32.7. The Morgan fingerprint density at radius 2 is 1.67 bits per heavy atom. The van der Waals surface area contributed by atoms with Gasteiger partial charge in [0.2, 0.25) is 0 Å². The summed E-state index contributed by atoms with van der Waals surface area (Å²) in [4.78, 5) is 0. The smallest absolute Gasteiger partial charge is 0.400 e. The highest BCUT2D eigenvalue weighted by Crippen LogP contribution is 2.39. The zero-order valence-corrected chi connectivity index (χ0v) is 10.4. The zero-order chi connectivity index (χ0) is 13.2. The molecule has 1 N–H and O–H groups in total. The maximum Gasteiger partial charge on any atom is 0.400 e. The van der Waals surface area contributed by atoms with Crippen molar-refractivity contribution in [3.63, 3.8) is 0 Å². The minimum absolute atomic E-state index is 0.0390. The fraction of sp³-hybridized carbons (Fsp3) is 0.571. The molecule has 0 aliphatic heterocycles. The molecule has 0 bridgehead atoms. The molecule has 0 unspecified atom stereocenters. The second kappa shape index (κ2) is 5.12. The molecule has 1 aromatic rings. The number of halogens is 2. The van der Waals surface area contributed by atoms with Gasteiger partial charge in [-0.1, -0.05) is 19.8 Å². The van der Waals surface area contributed by atoms with Crippen LogP contribution >= 0.6 is 0 Å². The van der Waals surface area contributed by atoms with Gasteiger partial charge >= 0.3 is 6.11 Å². The van der Waals surface area contributed by atoms with E-state index in [1.807, 2.05) is 0 Å². The van der Waals surface area contributed by atoms with Crippen LogP contribution in [0, 0.1) is 11.8 Å². The highest BCUT2D eigenvalue weighted by molar-refractivity contribution is 5.30. The molecule has 0 amide bonds. The third-order valence-corrected chi connectivity index (χ3v) is 3.58. The van der Waals surface area contributed by atoms with Crippen LogP contribution in [0.5, 0.6) is 11.5 Å². The number of hydrogen-bond acceptors (Lipinski definition) is 2. The van der Waals surface area contributed by atoms with Crippen molar-refractivity contribution in [1.29, 1.82) is 0 Å². The Morgan fingerprint density at radius 1 is 1.11 bits per heavy atom. The standard InChI is InChI=1S/C14H18F2O2/c1-10-2-4-11(5-3-10)14(15,16)18-13-8-6-12(17)7-9-13/h6-11,17H,2-5H2,1H3. The van der Waals surface area contributed by atoms with Gasteiger partial charge in [0.1, 0.15) is 11.5 Å². The van der Waals surface area contributed by atoms with E-state index in [0.29, 0.717) is 18.8 Å². The molecule has 0 atom stereocenters. The van der Waals surface area contributed by atoms with Crippen molar-refractivity contribution in [3.05, 3.63) is 24.3 Å². The quantitative estimate of drug-likeness (QED) is 0.878. The minimum Gasteiger partial charge on any atom is -0.508 e. The summed E-state index contributed by atoms with van der Waals surface area (Å²) in [6, 6.07) is 5.39. The lowest BCUT2D eigenvalue weighted by molar-refractivity contribution is -0.223. The lowest BCUT2D eigenvalue weighted by Gasteiger charge is -2.32. The van der Waals surface area contributed by atoms with Crippen molar-refractivity contribution in [1.82, 2.24) is 0 Å². The lowest BCUT2D eigenvalue weighted by atomic mass is 9.82. The van der Waals surface area contributed by atoms with E-state index in [1.165, 1.54) is 24.3 Å². The van der Waals surface area contributed by atoms with Crippen LogP contribution in [0.4, 0.5) is 8.78 Å². The van der Waals surface area contributed by atoms with Gasteiger partial charge in [-0.25, -0.2) is 0 Å². The van der Waals surface area contributed by atoms with Gasteiger partial charge in [0.15, 0.2) is 0 Å². The summed E-state index contributed by atoms with van der Waals surface area (Å²) in [7, 11) is 0. The SMILES string of the molecule is CC1CCC(C(F)(F)Oc2ccc(O)cc2)CC1. The third-order valence-electron chi connectivity index (χ3n) is 3.58. The second-order valence-electron chi connectivity index (χ2n) is 5.11. The fourth-order valence-electron chi connectivity index (χ4n) is 2.35. The van der Waals surface area contributed by atoms with E-state index in [9.17, 15) is 8.78 Å². The summed E-state index contributed by atoms with van der Waals surface area (Å²) in [5.41, 5.74) is 0. The molecule has 0 spiro atoms. The van der Waals surface area contributed by atoms with Crippen molar-refractivity contribution >= 4 is 0 Å². The van der Waals surface area contributed by atoms with Crippen LogP contribution in [0.1, 0.15) is 32.6 Å². The molecule has 2 rings (SSSR count). The van der Waals surface area contributed by atoms with Gasteiger partial charge in [-0.05, 0) is 43.0 Å². The maximum atomic E-state index is 13.9. The van der Waals surface area contributed by atoms with Crippen LogP contribution in [0.2, 0.25) is 0 Å². The first-order valence-corrected chi connectivity index (χ1v) is 6.33. The Balaban J connectivity index is 2.00. The molecular weight excluding hydrogens is 238 g/mol. The summed E-state index contributed by atoms with van der Waals surface area (Å²) in [5, 5.41) is 9.09. The molecule has 1 aromatic carbocycles. The predicted octanol–water partition coefficient (Wildman–Crippen LogP) is 4.19. The third kappa shape index (κ3) is 3.12. The van der Waals surface area contributed by atoms with E-state index >= 15 is 0 Å².